The van der Waals surface area contributed by atoms with E-state index in [2.05, 4.69) is 44.2 Å². The van der Waals surface area contributed by atoms with Crippen molar-refractivity contribution in [3.63, 3.8) is 0 Å². The van der Waals surface area contributed by atoms with Gasteiger partial charge in [-0.2, -0.15) is 10.2 Å². The van der Waals surface area contributed by atoms with Crippen LogP contribution in [0.5, 0.6) is 0 Å². The Bertz CT molecular complexity index is 1490. The predicted octanol–water partition coefficient (Wildman–Crippen LogP) is 0.843. The molecule has 1 aromatic carbocycles. The number of nitrogens with zero attached hydrogens (tertiary/aromatic N) is 5. The molecule has 3 heterocycles. The molecular weight excluding hydrogens is 500 g/mol. The molecule has 1 saturated heterocycles. The highest BCUT2D eigenvalue weighted by molar-refractivity contribution is 6.15. The molecule has 1 aliphatic heterocycles. The molecule has 2 radical (unpaired) electrons. The van der Waals surface area contributed by atoms with Crippen molar-refractivity contribution in [1.29, 1.82) is 0 Å². The van der Waals surface area contributed by atoms with Gasteiger partial charge in [0.05, 0.1) is 35.3 Å². The zero-order valence-corrected chi connectivity index (χ0v) is 21.4. The summed E-state index contributed by atoms with van der Waals surface area (Å²) in [5.41, 5.74) is 5.28. The fourth-order valence-electron chi connectivity index (χ4n) is 4.58. The SMILES string of the molecule is C=CC(=O)N1C[C@@]([Si-])(n2nc(C#Cc3c(F)cc4c(cnn4C)c3F)c(C(N)=O)c2NC)C[C@@H]1COC. The number of carbonyl (C=O) groups is 2. The second-order valence-electron chi connectivity index (χ2n) is 8.61. The third-order valence-corrected chi connectivity index (χ3v) is 6.86. The second-order valence-corrected chi connectivity index (χ2v) is 9.54. The van der Waals surface area contributed by atoms with E-state index in [0.29, 0.717) is 6.42 Å². The lowest BCUT2D eigenvalue weighted by Gasteiger charge is -2.39. The fourth-order valence-corrected chi connectivity index (χ4v) is 5.15. The summed E-state index contributed by atoms with van der Waals surface area (Å²) in [4.78, 5) is 26.5. The molecule has 2 aromatic heterocycles. The molecule has 1 aliphatic rings. The lowest BCUT2D eigenvalue weighted by atomic mass is 10.1. The molecular formula is C24H24F2N7O3Si-. The topological polar surface area (TPSA) is 120 Å². The summed E-state index contributed by atoms with van der Waals surface area (Å²) >= 11 is 0. The van der Waals surface area contributed by atoms with Crippen LogP contribution in [0.1, 0.15) is 28.0 Å². The Kier molecular flexibility index (Phi) is 6.89. The van der Waals surface area contributed by atoms with Gasteiger partial charge in [0, 0.05) is 33.8 Å². The number of fused-ring (bicyclic) bond motifs is 1. The van der Waals surface area contributed by atoms with Gasteiger partial charge in [-0.3, -0.25) is 19.0 Å². The van der Waals surface area contributed by atoms with Crippen molar-refractivity contribution in [3.05, 3.63) is 53.4 Å². The van der Waals surface area contributed by atoms with Gasteiger partial charge in [-0.25, -0.2) is 8.78 Å². The second kappa shape index (κ2) is 9.79. The lowest BCUT2D eigenvalue weighted by Crippen LogP contribution is -2.41. The highest BCUT2D eigenvalue weighted by atomic mass is 28.1. The summed E-state index contributed by atoms with van der Waals surface area (Å²) in [7, 11) is 8.41. The van der Waals surface area contributed by atoms with Crippen molar-refractivity contribution in [2.45, 2.75) is 17.6 Å². The number of amides is 2. The van der Waals surface area contributed by atoms with Gasteiger partial charge in [-0.05, 0) is 18.4 Å². The maximum absolute atomic E-state index is 15.0. The lowest BCUT2D eigenvalue weighted by molar-refractivity contribution is -0.127. The standard InChI is InChI=1S/C24H24F2N7O3Si/c1-5-19(34)32-12-24(37,9-13(32)11-36-4)33-23(28-2)20(22(27)35)17(30-33)7-6-14-16(25)8-18-15(21(14)26)10-29-31(18)3/h5,8,10,13,28H,1,9,11-12H2,2-4H3,(H2,27,35)/q-1/t13-,24-/m1/s1. The number of aryl methyl sites for hydroxylation is 1. The first-order valence-electron chi connectivity index (χ1n) is 11.2. The van der Waals surface area contributed by atoms with Gasteiger partial charge < -0.3 is 30.9 Å². The minimum Gasteiger partial charge on any atom is -0.630 e. The zero-order chi connectivity index (χ0) is 27.1. The van der Waals surface area contributed by atoms with E-state index >= 15 is 4.39 Å². The number of hydrogen-bond acceptors (Lipinski definition) is 6. The molecule has 0 saturated carbocycles. The third kappa shape index (κ3) is 4.38. The number of hydrogen-bond donors (Lipinski definition) is 2. The van der Waals surface area contributed by atoms with Crippen LogP contribution in [0.3, 0.4) is 0 Å². The number of rotatable bonds is 6. The number of methoxy groups -OCH3 is 1. The first-order chi connectivity index (χ1) is 17.6. The summed E-state index contributed by atoms with van der Waals surface area (Å²) in [6, 6.07) is 0.817. The summed E-state index contributed by atoms with van der Waals surface area (Å²) in [5, 5.41) is 10.5. The number of benzene rings is 1. The number of aromatic nitrogens is 4. The van der Waals surface area contributed by atoms with Crippen LogP contribution in [0.4, 0.5) is 14.6 Å². The van der Waals surface area contributed by atoms with E-state index in [1.54, 1.807) is 19.0 Å². The van der Waals surface area contributed by atoms with E-state index in [4.69, 9.17) is 10.5 Å². The summed E-state index contributed by atoms with van der Waals surface area (Å²) in [5.74, 6) is 2.39. The molecule has 3 N–H and O–H groups in total. The average molecular weight is 525 g/mol. The maximum Gasteiger partial charge on any atom is 0.255 e. The zero-order valence-electron chi connectivity index (χ0n) is 20.4. The molecule has 13 heteroatoms. The molecule has 0 aliphatic carbocycles. The fraction of sp³-hybridized carbons (Fsp3) is 0.333. The molecule has 37 heavy (non-hydrogen) atoms. The number of halogens is 2. The van der Waals surface area contributed by atoms with Crippen LogP contribution in [0.2, 0.25) is 0 Å². The molecule has 2 atom stereocenters. The van der Waals surface area contributed by atoms with Crippen LogP contribution in [0.25, 0.3) is 10.9 Å². The Morgan fingerprint density at radius 2 is 2.16 bits per heavy atom. The summed E-state index contributed by atoms with van der Waals surface area (Å²) in [6.07, 6.45) is 2.84. The van der Waals surface area contributed by atoms with E-state index < -0.39 is 28.3 Å². The molecule has 0 bridgehead atoms. The Labute approximate surface area is 214 Å². The smallest absolute Gasteiger partial charge is 0.255 e. The van der Waals surface area contributed by atoms with Gasteiger partial charge >= 0.3 is 0 Å². The Hall–Kier alpha value is -4.02. The van der Waals surface area contributed by atoms with Crippen molar-refractivity contribution in [2.75, 3.05) is 32.6 Å². The largest absolute Gasteiger partial charge is 0.630 e. The molecule has 2 amide bonds. The molecule has 4 rings (SSSR count). The molecule has 10 nitrogen and oxygen atoms in total. The van der Waals surface area contributed by atoms with E-state index in [1.807, 2.05) is 0 Å². The third-order valence-electron chi connectivity index (χ3n) is 6.29. The Morgan fingerprint density at radius 3 is 2.78 bits per heavy atom. The van der Waals surface area contributed by atoms with Crippen LogP contribution < -0.4 is 11.1 Å². The molecule has 3 aromatic rings. The van der Waals surface area contributed by atoms with Gasteiger partial charge in [0.2, 0.25) is 5.91 Å². The van der Waals surface area contributed by atoms with Crippen LogP contribution in [-0.4, -0.2) is 79.9 Å². The van der Waals surface area contributed by atoms with Gasteiger partial charge in [0.15, 0.2) is 11.5 Å². The van der Waals surface area contributed by atoms with Crippen molar-refractivity contribution in [1.82, 2.24) is 24.5 Å². The van der Waals surface area contributed by atoms with Crippen molar-refractivity contribution < 1.29 is 23.1 Å². The van der Waals surface area contributed by atoms with Crippen LogP contribution in [-0.2, 0) is 21.7 Å². The first kappa shape index (κ1) is 26.1. The quantitative estimate of drug-likeness (QED) is 0.280. The normalized spacial score (nSPS) is 19.1. The number of likely N-dealkylation sites (tertiary alicyclic amines) is 1. The molecule has 0 spiro atoms. The highest BCUT2D eigenvalue weighted by Crippen LogP contribution is 2.35. The number of carbonyl (C=O) groups excluding carboxylic acids is 2. The van der Waals surface area contributed by atoms with Crippen molar-refractivity contribution in [3.8, 4) is 11.8 Å². The minimum atomic E-state index is -0.977. The molecule has 1 fully saturated rings. The van der Waals surface area contributed by atoms with Gasteiger partial charge in [0.25, 0.3) is 5.91 Å². The first-order valence-corrected chi connectivity index (χ1v) is 11.7. The summed E-state index contributed by atoms with van der Waals surface area (Å²) in [6.45, 7) is 3.97. The highest BCUT2D eigenvalue weighted by Gasteiger charge is 2.39. The number of primary amides is 1. The van der Waals surface area contributed by atoms with Crippen LogP contribution in [0, 0.1) is 23.5 Å². The van der Waals surface area contributed by atoms with E-state index in [-0.39, 0.29) is 53.1 Å². The van der Waals surface area contributed by atoms with Gasteiger partial charge in [-0.15, -0.1) is 5.16 Å². The number of nitrogens with one attached hydrogen (secondary N) is 1. The van der Waals surface area contributed by atoms with Gasteiger partial charge in [-0.1, -0.05) is 12.5 Å². The van der Waals surface area contributed by atoms with Gasteiger partial charge in [0.1, 0.15) is 17.2 Å². The molecule has 192 valence electrons. The monoisotopic (exact) mass is 524 g/mol. The Balaban J connectivity index is 1.83. The summed E-state index contributed by atoms with van der Waals surface area (Å²) < 4.78 is 37.9. The van der Waals surface area contributed by atoms with Crippen LogP contribution >= 0.6 is 0 Å². The maximum atomic E-state index is 15.0. The van der Waals surface area contributed by atoms with E-state index in [0.717, 1.165) is 6.07 Å². The van der Waals surface area contributed by atoms with E-state index in [9.17, 15) is 14.0 Å². The number of ether oxygens (including phenoxy) is 1. The Morgan fingerprint density at radius 1 is 1.43 bits per heavy atom. The number of nitrogens with two attached hydrogens (primary N) is 1. The van der Waals surface area contributed by atoms with E-state index in [1.165, 1.54) is 28.7 Å². The van der Waals surface area contributed by atoms with Crippen LogP contribution in [0.15, 0.2) is 24.9 Å². The molecule has 0 unspecified atom stereocenters. The van der Waals surface area contributed by atoms with Crippen molar-refractivity contribution in [2.24, 2.45) is 12.8 Å². The minimum absolute atomic E-state index is 0.0623. The number of anilines is 1. The predicted molar refractivity (Wildman–Crippen MR) is 133 cm³/mol. The average Bonchev–Trinajstić information content (AvgIpc) is 3.52. The van der Waals surface area contributed by atoms with Crippen molar-refractivity contribution >= 4 is 38.8 Å².